The van der Waals surface area contributed by atoms with Gasteiger partial charge in [0, 0.05) is 12.1 Å². The van der Waals surface area contributed by atoms with E-state index in [0.29, 0.717) is 18.5 Å². The van der Waals surface area contributed by atoms with E-state index in [0.717, 1.165) is 18.4 Å². The Hall–Kier alpha value is -2.61. The number of carbonyl (C=O) groups is 3. The highest BCUT2D eigenvalue weighted by atomic mass is 16.6. The van der Waals surface area contributed by atoms with Crippen LogP contribution in [0.1, 0.15) is 84.9 Å². The van der Waals surface area contributed by atoms with Crippen molar-refractivity contribution in [3.8, 4) is 0 Å². The summed E-state index contributed by atoms with van der Waals surface area (Å²) in [4.78, 5) is 41.3. The van der Waals surface area contributed by atoms with E-state index in [-0.39, 0.29) is 5.91 Å². The van der Waals surface area contributed by atoms with Crippen molar-refractivity contribution < 1.29 is 24.2 Å². The number of nitrogens with zero attached hydrogens (tertiary/aromatic N) is 1. The molecule has 8 nitrogen and oxygen atoms in total. The molecule has 0 spiro atoms. The fourth-order valence-electron chi connectivity index (χ4n) is 3.52. The summed E-state index contributed by atoms with van der Waals surface area (Å²) in [5.41, 5.74) is 0.0388. The second kappa shape index (κ2) is 12.7. The molecule has 34 heavy (non-hydrogen) atoms. The van der Waals surface area contributed by atoms with Gasteiger partial charge in [-0.1, -0.05) is 44.5 Å². The fourth-order valence-corrected chi connectivity index (χ4v) is 3.52. The molecular weight excluding hydrogens is 434 g/mol. The zero-order chi connectivity index (χ0) is 26.1. The molecule has 8 heteroatoms. The Bertz CT molecular complexity index is 832. The number of aryl methyl sites for hydroxylation is 1. The number of unbranched alkanes of at least 4 members (excludes halogenated alkanes) is 1. The van der Waals surface area contributed by atoms with Gasteiger partial charge < -0.3 is 25.4 Å². The number of nitrogens with one attached hydrogen (secondary N) is 2. The van der Waals surface area contributed by atoms with Crippen LogP contribution in [0.15, 0.2) is 24.3 Å². The Morgan fingerprint density at radius 3 is 2.21 bits per heavy atom. The average molecular weight is 478 g/mol. The van der Waals surface area contributed by atoms with Crippen molar-refractivity contribution in [2.24, 2.45) is 0 Å². The van der Waals surface area contributed by atoms with Gasteiger partial charge in [0.25, 0.3) is 0 Å². The summed E-state index contributed by atoms with van der Waals surface area (Å²) < 4.78 is 5.28. The lowest BCUT2D eigenvalue weighted by Gasteiger charge is -2.44. The first kappa shape index (κ1) is 29.4. The normalized spacial score (nSPS) is 13.6. The number of amides is 3. The summed E-state index contributed by atoms with van der Waals surface area (Å²) in [6.07, 6.45) is 1.48. The first-order valence-corrected chi connectivity index (χ1v) is 12.1. The van der Waals surface area contributed by atoms with E-state index in [2.05, 4.69) is 10.6 Å². The number of hydrogen-bond donors (Lipinski definition) is 3. The van der Waals surface area contributed by atoms with Crippen molar-refractivity contribution in [1.82, 2.24) is 15.5 Å². The molecule has 0 heterocycles. The summed E-state index contributed by atoms with van der Waals surface area (Å²) in [6.45, 7) is 14.6. The van der Waals surface area contributed by atoms with Crippen molar-refractivity contribution >= 4 is 17.9 Å². The molecule has 0 aliphatic heterocycles. The van der Waals surface area contributed by atoms with Crippen LogP contribution < -0.4 is 10.6 Å². The number of ether oxygens (including phenoxy) is 1. The maximum absolute atomic E-state index is 13.9. The Labute approximate surface area is 204 Å². The van der Waals surface area contributed by atoms with Crippen molar-refractivity contribution in [1.29, 1.82) is 0 Å². The molecule has 1 aromatic rings. The molecule has 0 saturated heterocycles. The van der Waals surface area contributed by atoms with Crippen molar-refractivity contribution in [2.45, 2.75) is 97.9 Å². The zero-order valence-corrected chi connectivity index (χ0v) is 22.0. The van der Waals surface area contributed by atoms with Gasteiger partial charge in [-0.05, 0) is 65.5 Å². The monoisotopic (exact) mass is 477 g/mol. The predicted molar refractivity (Wildman–Crippen MR) is 133 cm³/mol. The van der Waals surface area contributed by atoms with Gasteiger partial charge in [-0.2, -0.15) is 0 Å². The van der Waals surface area contributed by atoms with E-state index in [1.54, 1.807) is 20.8 Å². The van der Waals surface area contributed by atoms with E-state index < -0.39 is 41.8 Å². The lowest BCUT2D eigenvalue weighted by molar-refractivity contribution is -0.150. The second-order valence-corrected chi connectivity index (χ2v) is 10.2. The molecular formula is C26H43N3O5. The smallest absolute Gasteiger partial charge is 0.408 e. The number of aliphatic hydroxyl groups excluding tert-OH is 1. The molecule has 2 unspecified atom stereocenters. The van der Waals surface area contributed by atoms with Crippen LogP contribution in [-0.2, 0) is 14.3 Å². The minimum Gasteiger partial charge on any atom is -0.444 e. The van der Waals surface area contributed by atoms with Gasteiger partial charge in [-0.25, -0.2) is 4.79 Å². The van der Waals surface area contributed by atoms with Gasteiger partial charge in [0.2, 0.25) is 11.8 Å². The molecule has 0 aliphatic rings. The lowest BCUT2D eigenvalue weighted by atomic mass is 9.90. The van der Waals surface area contributed by atoms with Crippen molar-refractivity contribution in [2.75, 3.05) is 13.2 Å². The van der Waals surface area contributed by atoms with Crippen LogP contribution in [0.5, 0.6) is 0 Å². The third-order valence-corrected chi connectivity index (χ3v) is 5.75. The van der Waals surface area contributed by atoms with Crippen LogP contribution in [0, 0.1) is 6.92 Å². The standard InChI is InChI=1S/C26H43N3O5/c1-9-11-16-27-22(31)21(19-15-13-12-14-18(19)3)29(26(7,8)10-2)23(32)20(17-30)28-24(33)34-25(4,5)6/h12-15,20-21,30H,9-11,16-17H2,1-8H3,(H,27,31)(H,28,33). The summed E-state index contributed by atoms with van der Waals surface area (Å²) in [7, 11) is 0. The molecule has 0 bridgehead atoms. The van der Waals surface area contributed by atoms with E-state index in [1.807, 2.05) is 58.9 Å². The minimum absolute atomic E-state index is 0.299. The van der Waals surface area contributed by atoms with Gasteiger partial charge in [-0.15, -0.1) is 0 Å². The maximum Gasteiger partial charge on any atom is 0.408 e. The third-order valence-electron chi connectivity index (χ3n) is 5.75. The van der Waals surface area contributed by atoms with Gasteiger partial charge >= 0.3 is 6.09 Å². The third kappa shape index (κ3) is 8.31. The summed E-state index contributed by atoms with van der Waals surface area (Å²) in [5, 5.41) is 15.5. The van der Waals surface area contributed by atoms with E-state index in [4.69, 9.17) is 4.74 Å². The number of aliphatic hydroxyl groups is 1. The molecule has 1 rings (SSSR count). The van der Waals surface area contributed by atoms with E-state index in [9.17, 15) is 19.5 Å². The minimum atomic E-state index is -1.27. The molecule has 2 atom stereocenters. The number of alkyl carbamates (subject to hydrolysis) is 1. The maximum atomic E-state index is 13.9. The highest BCUT2D eigenvalue weighted by molar-refractivity contribution is 5.93. The highest BCUT2D eigenvalue weighted by Crippen LogP contribution is 2.33. The SMILES string of the molecule is CCCCNC(=O)C(c1ccccc1C)N(C(=O)C(CO)NC(=O)OC(C)(C)C)C(C)(C)CC. The molecule has 0 aliphatic carbocycles. The largest absolute Gasteiger partial charge is 0.444 e. The first-order chi connectivity index (χ1) is 15.8. The molecule has 192 valence electrons. The molecule has 3 N–H and O–H groups in total. The molecule has 0 aromatic heterocycles. The Balaban J connectivity index is 3.50. The van der Waals surface area contributed by atoms with Gasteiger partial charge in [0.05, 0.1) is 6.61 Å². The highest BCUT2D eigenvalue weighted by Gasteiger charge is 2.43. The molecule has 0 saturated carbocycles. The fraction of sp³-hybridized carbons (Fsp3) is 0.654. The quantitative estimate of drug-likeness (QED) is 0.420. The first-order valence-electron chi connectivity index (χ1n) is 12.1. The van der Waals surface area contributed by atoms with Crippen molar-refractivity contribution in [3.05, 3.63) is 35.4 Å². The van der Waals surface area contributed by atoms with Crippen LogP contribution in [0.2, 0.25) is 0 Å². The van der Waals surface area contributed by atoms with Gasteiger partial charge in [0.15, 0.2) is 0 Å². The van der Waals surface area contributed by atoms with Gasteiger partial charge in [-0.3, -0.25) is 9.59 Å². The van der Waals surface area contributed by atoms with Gasteiger partial charge in [0.1, 0.15) is 17.7 Å². The van der Waals surface area contributed by atoms with Crippen LogP contribution in [-0.4, -0.2) is 58.2 Å². The number of hydrogen-bond acceptors (Lipinski definition) is 5. The summed E-state index contributed by atoms with van der Waals surface area (Å²) >= 11 is 0. The van der Waals surface area contributed by atoms with Crippen molar-refractivity contribution in [3.63, 3.8) is 0 Å². The molecule has 3 amide bonds. The Kier molecular flexibility index (Phi) is 11.0. The predicted octanol–water partition coefficient (Wildman–Crippen LogP) is 3.86. The number of carbonyl (C=O) groups excluding carboxylic acids is 3. The Morgan fingerprint density at radius 2 is 1.71 bits per heavy atom. The van der Waals surface area contributed by atoms with E-state index >= 15 is 0 Å². The van der Waals surface area contributed by atoms with E-state index in [1.165, 1.54) is 4.90 Å². The summed E-state index contributed by atoms with van der Waals surface area (Å²) in [5.74, 6) is -0.856. The van der Waals surface area contributed by atoms with Crippen LogP contribution >= 0.6 is 0 Å². The average Bonchev–Trinajstić information content (AvgIpc) is 2.74. The number of rotatable bonds is 11. The zero-order valence-electron chi connectivity index (χ0n) is 22.0. The molecule has 1 aromatic carbocycles. The molecule has 0 fully saturated rings. The summed E-state index contributed by atoms with van der Waals surface area (Å²) in [6, 6.07) is 5.24. The van der Waals surface area contributed by atoms with Crippen LogP contribution in [0.25, 0.3) is 0 Å². The topological polar surface area (TPSA) is 108 Å². The second-order valence-electron chi connectivity index (χ2n) is 10.2. The Morgan fingerprint density at radius 1 is 1.09 bits per heavy atom. The van der Waals surface area contributed by atoms with Crippen LogP contribution in [0.4, 0.5) is 4.79 Å². The van der Waals surface area contributed by atoms with Crippen LogP contribution in [0.3, 0.4) is 0 Å². The number of benzene rings is 1. The molecule has 0 radical (unpaired) electrons. The lowest BCUT2D eigenvalue weighted by Crippen LogP contribution is -2.60.